The zero-order valence-corrected chi connectivity index (χ0v) is 10.8. The first-order valence-corrected chi connectivity index (χ1v) is 6.08. The first-order valence-electron chi connectivity index (χ1n) is 5.29. The van der Waals surface area contributed by atoms with Gasteiger partial charge in [0, 0.05) is 12.1 Å². The Morgan fingerprint density at radius 2 is 2.11 bits per heavy atom. The van der Waals surface area contributed by atoms with E-state index < -0.39 is 0 Å². The molecule has 6 nitrogen and oxygen atoms in total. The van der Waals surface area contributed by atoms with Crippen LogP contribution in [0.5, 0.6) is 17.2 Å². The fourth-order valence-corrected chi connectivity index (χ4v) is 2.27. The van der Waals surface area contributed by atoms with Crippen molar-refractivity contribution in [3.05, 3.63) is 16.6 Å². The molecule has 1 aromatic heterocycles. The third-order valence-electron chi connectivity index (χ3n) is 2.63. The van der Waals surface area contributed by atoms with Crippen molar-refractivity contribution in [2.45, 2.75) is 0 Å². The van der Waals surface area contributed by atoms with Crippen LogP contribution in [0.2, 0.25) is 0 Å². The fraction of sp³-hybridized carbons (Fsp3) is 0.182. The van der Waals surface area contributed by atoms with Crippen molar-refractivity contribution in [2.24, 2.45) is 0 Å². The zero-order valence-electron chi connectivity index (χ0n) is 9.24. The van der Waals surface area contributed by atoms with Gasteiger partial charge in [-0.3, -0.25) is 5.10 Å². The van der Waals surface area contributed by atoms with E-state index in [1.807, 2.05) is 0 Å². The van der Waals surface area contributed by atoms with Gasteiger partial charge in [0.25, 0.3) is 0 Å². The number of H-pyrrole nitrogens is 1. The predicted octanol–water partition coefficient (Wildman–Crippen LogP) is 1.90. The highest BCUT2D eigenvalue weighted by atomic mass is 79.9. The van der Waals surface area contributed by atoms with Gasteiger partial charge in [-0.15, -0.1) is 0 Å². The number of phenolic OH excluding ortho intramolecular Hbond substituents is 1. The molecule has 18 heavy (non-hydrogen) atoms. The lowest BCUT2D eigenvalue weighted by Crippen LogP contribution is -2.16. The van der Waals surface area contributed by atoms with Crippen LogP contribution in [0.1, 0.15) is 0 Å². The Bertz CT molecular complexity index is 612. The van der Waals surface area contributed by atoms with Gasteiger partial charge in [0.2, 0.25) is 0 Å². The number of phenols is 1. The molecule has 0 spiro atoms. The van der Waals surface area contributed by atoms with Crippen LogP contribution in [0.4, 0.5) is 5.82 Å². The molecule has 7 heteroatoms. The Morgan fingerprint density at radius 3 is 2.83 bits per heavy atom. The van der Waals surface area contributed by atoms with Gasteiger partial charge in [0.05, 0.1) is 15.7 Å². The lowest BCUT2D eigenvalue weighted by molar-refractivity contribution is 0.171. The zero-order chi connectivity index (χ0) is 12.7. The number of nitrogens with zero attached hydrogens (tertiary/aromatic N) is 1. The van der Waals surface area contributed by atoms with Crippen molar-refractivity contribution in [1.29, 1.82) is 0 Å². The number of nitrogens with two attached hydrogens (primary N) is 1. The first-order chi connectivity index (χ1) is 8.66. The molecule has 4 N–H and O–H groups in total. The molecule has 1 aromatic carbocycles. The predicted molar refractivity (Wildman–Crippen MR) is 68.8 cm³/mol. The maximum absolute atomic E-state index is 10.1. The highest BCUT2D eigenvalue weighted by Crippen LogP contribution is 2.48. The summed E-state index contributed by atoms with van der Waals surface area (Å²) in [5.41, 5.74) is 6.64. The number of halogens is 1. The molecule has 0 unspecified atom stereocenters. The van der Waals surface area contributed by atoms with Crippen LogP contribution in [0.3, 0.4) is 0 Å². The number of hydrogen-bond donors (Lipinski definition) is 3. The number of hydrogen-bond acceptors (Lipinski definition) is 5. The van der Waals surface area contributed by atoms with Crippen LogP contribution in [0.15, 0.2) is 16.6 Å². The third kappa shape index (κ3) is 1.67. The van der Waals surface area contributed by atoms with E-state index in [0.717, 1.165) is 0 Å². The number of nitrogen functional groups attached to an aromatic ring is 1. The third-order valence-corrected chi connectivity index (χ3v) is 3.23. The van der Waals surface area contributed by atoms with Crippen molar-refractivity contribution < 1.29 is 14.6 Å². The summed E-state index contributed by atoms with van der Waals surface area (Å²) < 4.78 is 11.6. The highest BCUT2D eigenvalue weighted by molar-refractivity contribution is 9.10. The Morgan fingerprint density at radius 1 is 1.33 bits per heavy atom. The number of benzene rings is 1. The topological polar surface area (TPSA) is 93.4 Å². The molecule has 1 aliphatic rings. The summed E-state index contributed by atoms with van der Waals surface area (Å²) in [5, 5.41) is 16.7. The van der Waals surface area contributed by atoms with Gasteiger partial charge in [-0.05, 0) is 15.9 Å². The number of aromatic hydroxyl groups is 1. The number of fused-ring (bicyclic) bond motifs is 1. The summed E-state index contributed by atoms with van der Waals surface area (Å²) in [6.45, 7) is 0.916. The smallest absolute Gasteiger partial charge is 0.174 e. The molecule has 0 radical (unpaired) electrons. The normalized spacial score (nSPS) is 13.6. The summed E-state index contributed by atoms with van der Waals surface area (Å²) in [7, 11) is 0. The highest BCUT2D eigenvalue weighted by Gasteiger charge is 2.24. The van der Waals surface area contributed by atoms with Crippen LogP contribution >= 0.6 is 15.9 Å². The minimum absolute atomic E-state index is 0.0582. The fourth-order valence-electron chi connectivity index (χ4n) is 1.86. The second-order valence-corrected chi connectivity index (χ2v) is 4.67. The Hall–Kier alpha value is -1.89. The van der Waals surface area contributed by atoms with Crippen molar-refractivity contribution in [3.63, 3.8) is 0 Å². The Kier molecular flexibility index (Phi) is 2.55. The van der Waals surface area contributed by atoms with Crippen molar-refractivity contribution in [1.82, 2.24) is 10.2 Å². The molecule has 2 heterocycles. The van der Waals surface area contributed by atoms with E-state index in [1.165, 1.54) is 0 Å². The van der Waals surface area contributed by atoms with Gasteiger partial charge in [0.15, 0.2) is 11.5 Å². The molecule has 94 valence electrons. The van der Waals surface area contributed by atoms with Gasteiger partial charge >= 0.3 is 0 Å². The van der Waals surface area contributed by atoms with E-state index in [1.54, 1.807) is 12.1 Å². The summed E-state index contributed by atoms with van der Waals surface area (Å²) in [4.78, 5) is 0. The van der Waals surface area contributed by atoms with Crippen molar-refractivity contribution >= 4 is 21.7 Å². The molecule has 0 amide bonds. The molecule has 1 aliphatic heterocycles. The standard InChI is InChI=1S/C11H10BrN3O3/c12-5-3-7-11(18-2-1-17-7)9(10(5)16)6-4-8(13)15-14-6/h3-4,16H,1-2H2,(H3,13,14,15). The minimum atomic E-state index is 0.0582. The van der Waals surface area contributed by atoms with E-state index in [-0.39, 0.29) is 5.75 Å². The molecule has 0 fully saturated rings. The Balaban J connectivity index is 2.26. The molecular formula is C11H10BrN3O3. The van der Waals surface area contributed by atoms with Gasteiger partial charge in [-0.1, -0.05) is 0 Å². The summed E-state index contributed by atoms with van der Waals surface area (Å²) in [6.07, 6.45) is 0. The van der Waals surface area contributed by atoms with Crippen molar-refractivity contribution in [3.8, 4) is 28.5 Å². The second kappa shape index (κ2) is 4.09. The monoisotopic (exact) mass is 311 g/mol. The number of rotatable bonds is 1. The number of aromatic amines is 1. The molecule has 0 bridgehead atoms. The number of aromatic nitrogens is 2. The van der Waals surface area contributed by atoms with Crippen LogP contribution < -0.4 is 15.2 Å². The first kappa shape index (κ1) is 11.2. The largest absolute Gasteiger partial charge is 0.506 e. The lowest BCUT2D eigenvalue weighted by atomic mass is 10.1. The van der Waals surface area contributed by atoms with E-state index in [4.69, 9.17) is 15.2 Å². The van der Waals surface area contributed by atoms with Gasteiger partial charge in [0.1, 0.15) is 24.8 Å². The number of anilines is 1. The maximum Gasteiger partial charge on any atom is 0.174 e. The van der Waals surface area contributed by atoms with Crippen LogP contribution in [0, 0.1) is 0 Å². The van der Waals surface area contributed by atoms with E-state index in [2.05, 4.69) is 26.1 Å². The van der Waals surface area contributed by atoms with Gasteiger partial charge in [-0.2, -0.15) is 5.10 Å². The molecule has 3 rings (SSSR count). The average molecular weight is 312 g/mol. The van der Waals surface area contributed by atoms with E-state index >= 15 is 0 Å². The van der Waals surface area contributed by atoms with Gasteiger partial charge in [-0.25, -0.2) is 0 Å². The summed E-state index contributed by atoms with van der Waals surface area (Å²) >= 11 is 3.28. The molecule has 0 saturated carbocycles. The summed E-state index contributed by atoms with van der Waals surface area (Å²) in [6, 6.07) is 3.30. The van der Waals surface area contributed by atoms with Crippen LogP contribution in [0.25, 0.3) is 11.3 Å². The molecule has 2 aromatic rings. The molecular weight excluding hydrogens is 302 g/mol. The number of nitrogens with one attached hydrogen (secondary N) is 1. The van der Waals surface area contributed by atoms with Crippen molar-refractivity contribution in [2.75, 3.05) is 18.9 Å². The molecule has 0 saturated heterocycles. The van der Waals surface area contributed by atoms with Gasteiger partial charge < -0.3 is 20.3 Å². The average Bonchev–Trinajstić information content (AvgIpc) is 2.77. The van der Waals surface area contributed by atoms with Crippen LogP contribution in [-0.2, 0) is 0 Å². The van der Waals surface area contributed by atoms with Crippen LogP contribution in [-0.4, -0.2) is 28.5 Å². The lowest BCUT2D eigenvalue weighted by Gasteiger charge is -2.22. The molecule has 0 aliphatic carbocycles. The molecule has 0 atom stereocenters. The second-order valence-electron chi connectivity index (χ2n) is 3.81. The van der Waals surface area contributed by atoms with E-state index in [0.29, 0.717) is 46.3 Å². The quantitative estimate of drug-likeness (QED) is 0.748. The Labute approximate surface area is 111 Å². The number of ether oxygens (including phenoxy) is 2. The minimum Gasteiger partial charge on any atom is -0.506 e. The maximum atomic E-state index is 10.1. The SMILES string of the molecule is Nc1cc(-c2c(O)c(Br)cc3c2OCCO3)[nH]n1. The van der Waals surface area contributed by atoms with E-state index in [9.17, 15) is 5.11 Å². The summed E-state index contributed by atoms with van der Waals surface area (Å²) in [5.74, 6) is 1.47.